The molecule has 0 aromatic heterocycles. The molecular formula is C12H26N2O. The van der Waals surface area contributed by atoms with Gasteiger partial charge in [-0.2, -0.15) is 0 Å². The zero-order valence-electron chi connectivity index (χ0n) is 10.6. The van der Waals surface area contributed by atoms with E-state index in [9.17, 15) is 5.11 Å². The van der Waals surface area contributed by atoms with E-state index in [2.05, 4.69) is 37.7 Å². The number of piperidine rings is 1. The third-order valence-corrected chi connectivity index (χ3v) is 3.66. The van der Waals surface area contributed by atoms with Gasteiger partial charge >= 0.3 is 0 Å². The molecule has 3 heteroatoms. The van der Waals surface area contributed by atoms with Crippen molar-refractivity contribution in [1.29, 1.82) is 0 Å². The Labute approximate surface area is 94.1 Å². The van der Waals surface area contributed by atoms with Gasteiger partial charge in [0, 0.05) is 18.6 Å². The summed E-state index contributed by atoms with van der Waals surface area (Å²) in [5.41, 5.74) is 0. The Morgan fingerprint density at radius 3 is 2.60 bits per heavy atom. The third-order valence-electron chi connectivity index (χ3n) is 3.66. The molecule has 15 heavy (non-hydrogen) atoms. The first-order valence-electron chi connectivity index (χ1n) is 6.07. The van der Waals surface area contributed by atoms with Crippen molar-refractivity contribution in [2.75, 3.05) is 33.8 Å². The molecule has 1 aliphatic heterocycles. The molecule has 0 saturated carbocycles. The summed E-state index contributed by atoms with van der Waals surface area (Å²) in [4.78, 5) is 4.76. The van der Waals surface area contributed by atoms with E-state index in [1.54, 1.807) is 0 Å². The van der Waals surface area contributed by atoms with E-state index in [1.807, 2.05) is 0 Å². The maximum absolute atomic E-state index is 9.41. The van der Waals surface area contributed by atoms with Crippen molar-refractivity contribution in [2.24, 2.45) is 5.92 Å². The number of nitrogens with zero attached hydrogens (tertiary/aromatic N) is 2. The molecule has 1 heterocycles. The van der Waals surface area contributed by atoms with E-state index in [-0.39, 0.29) is 6.61 Å². The Balaban J connectivity index is 2.53. The predicted molar refractivity (Wildman–Crippen MR) is 64.0 cm³/mol. The average Bonchev–Trinajstić information content (AvgIpc) is 2.18. The van der Waals surface area contributed by atoms with Gasteiger partial charge in [-0.1, -0.05) is 13.8 Å². The topological polar surface area (TPSA) is 26.7 Å². The number of hydrogen-bond acceptors (Lipinski definition) is 3. The van der Waals surface area contributed by atoms with E-state index < -0.39 is 0 Å². The van der Waals surface area contributed by atoms with Gasteiger partial charge in [-0.15, -0.1) is 0 Å². The Morgan fingerprint density at radius 2 is 2.13 bits per heavy atom. The number of likely N-dealkylation sites (N-methyl/N-ethyl adjacent to an activating group) is 2. The zero-order chi connectivity index (χ0) is 11.4. The first kappa shape index (κ1) is 12.9. The largest absolute Gasteiger partial charge is 0.395 e. The van der Waals surface area contributed by atoms with Gasteiger partial charge in [0.15, 0.2) is 0 Å². The summed E-state index contributed by atoms with van der Waals surface area (Å²) in [6.07, 6.45) is 2.55. The maximum Gasteiger partial charge on any atom is 0.0589 e. The fourth-order valence-corrected chi connectivity index (χ4v) is 2.55. The first-order valence-corrected chi connectivity index (χ1v) is 6.07. The second kappa shape index (κ2) is 5.83. The van der Waals surface area contributed by atoms with E-state index in [1.165, 1.54) is 19.4 Å². The van der Waals surface area contributed by atoms with E-state index in [0.29, 0.717) is 18.0 Å². The average molecular weight is 214 g/mol. The summed E-state index contributed by atoms with van der Waals surface area (Å²) in [5, 5.41) is 9.41. The molecule has 0 bridgehead atoms. The normalized spacial score (nSPS) is 26.2. The minimum atomic E-state index is 0.272. The van der Waals surface area contributed by atoms with Crippen molar-refractivity contribution in [3.05, 3.63) is 0 Å². The molecule has 0 aromatic rings. The van der Waals surface area contributed by atoms with Crippen LogP contribution in [0, 0.1) is 5.92 Å². The highest BCUT2D eigenvalue weighted by atomic mass is 16.3. The molecule has 2 atom stereocenters. The van der Waals surface area contributed by atoms with Crippen LogP contribution in [0.4, 0.5) is 0 Å². The van der Waals surface area contributed by atoms with Crippen LogP contribution in [0.5, 0.6) is 0 Å². The molecule has 0 aliphatic carbocycles. The number of aliphatic hydroxyl groups is 1. The SMILES string of the molecule is CC(C)C(CO)N(C)C1CCCN(C)C1. The summed E-state index contributed by atoms with van der Waals surface area (Å²) < 4.78 is 0. The van der Waals surface area contributed by atoms with Crippen molar-refractivity contribution in [1.82, 2.24) is 9.80 Å². The lowest BCUT2D eigenvalue weighted by Gasteiger charge is -2.40. The minimum Gasteiger partial charge on any atom is -0.395 e. The standard InChI is InChI=1S/C12H26N2O/c1-10(2)12(9-15)14(4)11-6-5-7-13(3)8-11/h10-12,15H,5-9H2,1-4H3. The third kappa shape index (κ3) is 3.44. The van der Waals surface area contributed by atoms with Crippen LogP contribution >= 0.6 is 0 Å². The molecule has 0 spiro atoms. The highest BCUT2D eigenvalue weighted by Crippen LogP contribution is 2.18. The molecule has 0 amide bonds. The van der Waals surface area contributed by atoms with Crippen LogP contribution in [0.25, 0.3) is 0 Å². The van der Waals surface area contributed by atoms with Gasteiger partial charge in [0.2, 0.25) is 0 Å². The van der Waals surface area contributed by atoms with E-state index >= 15 is 0 Å². The van der Waals surface area contributed by atoms with Crippen molar-refractivity contribution in [3.8, 4) is 0 Å². The van der Waals surface area contributed by atoms with Crippen LogP contribution in [-0.2, 0) is 0 Å². The molecule has 0 aromatic carbocycles. The molecule has 3 nitrogen and oxygen atoms in total. The molecule has 90 valence electrons. The first-order chi connectivity index (χ1) is 7.06. The van der Waals surface area contributed by atoms with Gasteiger partial charge in [0.05, 0.1) is 6.61 Å². The fourth-order valence-electron chi connectivity index (χ4n) is 2.55. The Hall–Kier alpha value is -0.120. The number of aliphatic hydroxyl groups excluding tert-OH is 1. The Morgan fingerprint density at radius 1 is 1.47 bits per heavy atom. The smallest absolute Gasteiger partial charge is 0.0589 e. The maximum atomic E-state index is 9.41. The van der Waals surface area contributed by atoms with Crippen molar-refractivity contribution >= 4 is 0 Å². The Kier molecular flexibility index (Phi) is 5.03. The molecule has 1 N–H and O–H groups in total. The quantitative estimate of drug-likeness (QED) is 0.757. The van der Waals surface area contributed by atoms with Crippen LogP contribution in [0.3, 0.4) is 0 Å². The van der Waals surface area contributed by atoms with Crippen molar-refractivity contribution in [2.45, 2.75) is 38.8 Å². The van der Waals surface area contributed by atoms with Crippen LogP contribution < -0.4 is 0 Å². The number of rotatable bonds is 4. The van der Waals surface area contributed by atoms with Crippen molar-refractivity contribution in [3.63, 3.8) is 0 Å². The lowest BCUT2D eigenvalue weighted by molar-refractivity contribution is 0.0462. The minimum absolute atomic E-state index is 0.272. The van der Waals surface area contributed by atoms with E-state index in [0.717, 1.165) is 6.54 Å². The lowest BCUT2D eigenvalue weighted by Crippen LogP contribution is -2.51. The highest BCUT2D eigenvalue weighted by molar-refractivity contribution is 4.83. The van der Waals surface area contributed by atoms with Gasteiger partial charge < -0.3 is 10.0 Å². The lowest BCUT2D eigenvalue weighted by atomic mass is 9.98. The molecule has 1 fully saturated rings. The van der Waals surface area contributed by atoms with Gasteiger partial charge in [-0.3, -0.25) is 4.90 Å². The molecule has 1 saturated heterocycles. The summed E-state index contributed by atoms with van der Waals surface area (Å²) in [6, 6.07) is 0.921. The van der Waals surface area contributed by atoms with E-state index in [4.69, 9.17) is 0 Å². The summed E-state index contributed by atoms with van der Waals surface area (Å²) in [5.74, 6) is 0.521. The van der Waals surface area contributed by atoms with Crippen molar-refractivity contribution < 1.29 is 5.11 Å². The molecule has 2 unspecified atom stereocenters. The summed E-state index contributed by atoms with van der Waals surface area (Å²) in [6.45, 7) is 7.00. The molecule has 0 radical (unpaired) electrons. The van der Waals surface area contributed by atoms with Gasteiger partial charge in [0.25, 0.3) is 0 Å². The Bertz CT molecular complexity index is 184. The second-order valence-electron chi connectivity index (χ2n) is 5.22. The number of hydrogen-bond donors (Lipinski definition) is 1. The number of likely N-dealkylation sites (tertiary alicyclic amines) is 1. The predicted octanol–water partition coefficient (Wildman–Crippen LogP) is 1.03. The van der Waals surface area contributed by atoms with Gasteiger partial charge in [0.1, 0.15) is 0 Å². The molecular weight excluding hydrogens is 188 g/mol. The van der Waals surface area contributed by atoms with Crippen LogP contribution in [0.2, 0.25) is 0 Å². The summed E-state index contributed by atoms with van der Waals surface area (Å²) >= 11 is 0. The second-order valence-corrected chi connectivity index (χ2v) is 5.22. The van der Waals surface area contributed by atoms with Crippen LogP contribution in [0.1, 0.15) is 26.7 Å². The molecule has 1 aliphatic rings. The summed E-state index contributed by atoms with van der Waals surface area (Å²) in [7, 11) is 4.34. The van der Waals surface area contributed by atoms with Gasteiger partial charge in [-0.25, -0.2) is 0 Å². The molecule has 1 rings (SSSR count). The van der Waals surface area contributed by atoms with Crippen LogP contribution in [-0.4, -0.2) is 60.8 Å². The monoisotopic (exact) mass is 214 g/mol. The fraction of sp³-hybridized carbons (Fsp3) is 1.00. The van der Waals surface area contributed by atoms with Crippen LogP contribution in [0.15, 0.2) is 0 Å². The van der Waals surface area contributed by atoms with Gasteiger partial charge in [-0.05, 0) is 39.4 Å². The highest BCUT2D eigenvalue weighted by Gasteiger charge is 2.27. The zero-order valence-corrected chi connectivity index (χ0v) is 10.6.